The number of carboxylic acid groups (broad SMARTS) is 2. The van der Waals surface area contributed by atoms with Gasteiger partial charge in [0.1, 0.15) is 43.1 Å². The van der Waals surface area contributed by atoms with Gasteiger partial charge >= 0.3 is 65.7 Å². The van der Waals surface area contributed by atoms with E-state index in [-0.39, 0.29) is 55.6 Å². The maximum Gasteiger partial charge on any atom is 0.338 e. The normalized spacial score (nSPS) is 25.9. The standard InChI is InChI=1S/C97H90N2O34/c1-11-44-117-94-68(98-82(103)62-16-12-13-17-63(62)83(98)104)72(130-96-80(128-92(115)60-40-28-51(6)29-41-60)76(126-90(113)58-36-24-49(4)25-37-58)74(78(132-96)86(107)108)124-88(111)56-32-20-47(2)21-33-56)71(121-55(10)102)67(122-94)46-119-95-69(99-84(105)64-18-14-15-19-65(64)85(99)106)73(70(120-54(9)101)66(123-95)45-118-53(8)100)131-97-81(129-93(116)61-42-30-52(7)31-43-61)77(127-91(114)59-38-26-50(5)27-39-59)75(79(133-97)87(109)110)125-89(112)57-34-22-48(3)23-35-57/h11-43,66-81,94-97H,1,44-46H2,2-10H3,(H,107,108)(H,109,110)/t66-,67-,68-,69-,70+,71+,72-,73-,74+,75+,76+,77+,78+,79+,80-,81-,94-,95-,96-,97-/m1/s1. The molecule has 692 valence electrons. The molecule has 8 aromatic carbocycles. The topological polar surface area (TPSA) is 460 Å². The molecule has 0 spiro atoms. The van der Waals surface area contributed by atoms with Gasteiger partial charge in [0.15, 0.2) is 86.2 Å². The number of esters is 9. The lowest BCUT2D eigenvalue weighted by molar-refractivity contribution is -0.356. The highest BCUT2D eigenvalue weighted by Gasteiger charge is 2.65. The van der Waals surface area contributed by atoms with E-state index in [0.717, 1.165) is 20.8 Å². The van der Waals surface area contributed by atoms with Crippen LogP contribution in [0, 0.1) is 41.5 Å². The van der Waals surface area contributed by atoms with Crippen molar-refractivity contribution in [2.24, 2.45) is 0 Å². The number of carboxylic acids is 2. The highest BCUT2D eigenvalue weighted by atomic mass is 16.8. The molecule has 2 N–H and O–H groups in total. The number of carbonyl (C=O) groups is 15. The summed E-state index contributed by atoms with van der Waals surface area (Å²) in [7, 11) is 0. The van der Waals surface area contributed by atoms with E-state index in [1.807, 2.05) is 0 Å². The van der Waals surface area contributed by atoms with Gasteiger partial charge in [0.2, 0.25) is 0 Å². The second-order valence-electron chi connectivity index (χ2n) is 32.2. The van der Waals surface area contributed by atoms with E-state index in [9.17, 15) is 53.4 Å². The second kappa shape index (κ2) is 41.0. The van der Waals surface area contributed by atoms with Crippen molar-refractivity contribution in [2.75, 3.05) is 19.8 Å². The lowest BCUT2D eigenvalue weighted by Crippen LogP contribution is -2.71. The third kappa shape index (κ3) is 21.0. The lowest BCUT2D eigenvalue weighted by atomic mass is 9.93. The van der Waals surface area contributed by atoms with Gasteiger partial charge in [0.05, 0.1) is 68.8 Å². The van der Waals surface area contributed by atoms with Crippen LogP contribution in [0.15, 0.2) is 207 Å². The Balaban J connectivity index is 0.939. The Morgan fingerprint density at radius 2 is 0.579 bits per heavy atom. The van der Waals surface area contributed by atoms with E-state index in [0.29, 0.717) is 43.2 Å². The molecular weight excluding hydrogens is 1740 g/mol. The van der Waals surface area contributed by atoms with Crippen molar-refractivity contribution in [3.8, 4) is 0 Å². The molecule has 0 unspecified atom stereocenters. The smallest absolute Gasteiger partial charge is 0.338 e. The average molecular weight is 1830 g/mol. The second-order valence-corrected chi connectivity index (χ2v) is 32.2. The number of amides is 4. The molecule has 133 heavy (non-hydrogen) atoms. The summed E-state index contributed by atoms with van der Waals surface area (Å²) in [6.45, 7) is 13.9. The van der Waals surface area contributed by atoms with Crippen LogP contribution >= 0.6 is 0 Å². The minimum atomic E-state index is -2.62. The van der Waals surface area contributed by atoms with E-state index >= 15 is 28.8 Å². The number of imide groups is 2. The van der Waals surface area contributed by atoms with E-state index in [1.54, 1.807) is 41.5 Å². The molecule has 0 saturated carbocycles. The predicted molar refractivity (Wildman–Crippen MR) is 453 cm³/mol. The third-order valence-corrected chi connectivity index (χ3v) is 22.6. The molecule has 36 heteroatoms. The van der Waals surface area contributed by atoms with Gasteiger partial charge in [-0.05, 0) is 139 Å². The largest absolute Gasteiger partial charge is 0.479 e. The van der Waals surface area contributed by atoms with Crippen LogP contribution in [0.4, 0.5) is 0 Å². The quantitative estimate of drug-likeness (QED) is 0.0183. The predicted octanol–water partition coefficient (Wildman–Crippen LogP) is 9.01. The van der Waals surface area contributed by atoms with Crippen molar-refractivity contribution < 1.29 is 163 Å². The molecule has 4 amide bonds. The molecule has 20 atom stereocenters. The molecule has 14 rings (SSSR count). The molecule has 4 fully saturated rings. The molecule has 0 bridgehead atoms. The van der Waals surface area contributed by atoms with Gasteiger partial charge in [0.25, 0.3) is 23.6 Å². The highest BCUT2D eigenvalue weighted by Crippen LogP contribution is 2.44. The lowest BCUT2D eigenvalue weighted by Gasteiger charge is -2.51. The number of aryl methyl sites for hydroxylation is 6. The number of fused-ring (bicyclic) bond motifs is 2. The molecule has 6 aliphatic heterocycles. The first-order valence-corrected chi connectivity index (χ1v) is 41.9. The molecule has 0 aliphatic carbocycles. The van der Waals surface area contributed by atoms with Gasteiger partial charge < -0.3 is 90.7 Å². The van der Waals surface area contributed by atoms with Crippen LogP contribution in [-0.4, -0.2) is 252 Å². The number of carbonyl (C=O) groups excluding carboxylic acids is 13. The molecule has 6 heterocycles. The van der Waals surface area contributed by atoms with Crippen molar-refractivity contribution in [3.05, 3.63) is 296 Å². The summed E-state index contributed by atoms with van der Waals surface area (Å²) in [5, 5.41) is 23.1. The van der Waals surface area contributed by atoms with Crippen molar-refractivity contribution in [2.45, 2.75) is 185 Å². The van der Waals surface area contributed by atoms with Gasteiger partial charge in [-0.15, -0.1) is 6.58 Å². The van der Waals surface area contributed by atoms with Crippen molar-refractivity contribution in [1.82, 2.24) is 9.80 Å². The van der Waals surface area contributed by atoms with Crippen LogP contribution in [0.25, 0.3) is 0 Å². The minimum absolute atomic E-state index is 0.168. The molecule has 6 aliphatic rings. The molecule has 36 nitrogen and oxygen atoms in total. The van der Waals surface area contributed by atoms with Crippen molar-refractivity contribution in [1.29, 1.82) is 0 Å². The van der Waals surface area contributed by atoms with E-state index in [4.69, 9.17) is 80.5 Å². The van der Waals surface area contributed by atoms with E-state index in [2.05, 4.69) is 6.58 Å². The van der Waals surface area contributed by atoms with Crippen LogP contribution in [0.2, 0.25) is 0 Å². The minimum Gasteiger partial charge on any atom is -0.479 e. The Kier molecular flexibility index (Phi) is 29.2. The Morgan fingerprint density at radius 3 is 0.842 bits per heavy atom. The monoisotopic (exact) mass is 1830 g/mol. The zero-order chi connectivity index (χ0) is 95.1. The van der Waals surface area contributed by atoms with Crippen LogP contribution in [0.5, 0.6) is 0 Å². The summed E-state index contributed by atoms with van der Waals surface area (Å²) >= 11 is 0. The van der Waals surface area contributed by atoms with Crippen LogP contribution in [-0.2, 0) is 104 Å². The first kappa shape index (κ1) is 94.7. The maximum absolute atomic E-state index is 15.7. The Labute approximate surface area is 758 Å². The van der Waals surface area contributed by atoms with Gasteiger partial charge in [-0.25, -0.2) is 38.4 Å². The first-order chi connectivity index (χ1) is 63.6. The molecule has 0 radical (unpaired) electrons. The number of hydrogen-bond donors (Lipinski definition) is 2. The van der Waals surface area contributed by atoms with Crippen LogP contribution in [0.1, 0.15) is 158 Å². The molecule has 0 aromatic heterocycles. The SMILES string of the molecule is C=CCO[C@@H]1O[C@H](CO[C@@H]2O[C@H](COC(C)=O)[C@H](OC(C)=O)[C@H](O[C@@H]3O[C@H](C(=O)O)[C@@H](OC(=O)c4ccc(C)cc4)[C@H](OC(=O)c4ccc(C)cc4)[C@H]3OC(=O)c3ccc(C)cc3)[C@H]2N2C(=O)c3ccccc3C2=O)[C@H](OC(C)=O)[C@H](O[C@@H]2O[C@H](C(=O)O)[C@@H](OC(=O)c3ccc(C)cc3)[C@H](OC(=O)c3ccc(C)cc3)[C@H]2OC(=O)c2ccc(C)cc2)[C@H]1N1C(=O)c2ccccc2C1=O. The summed E-state index contributed by atoms with van der Waals surface area (Å²) in [5.74, 6) is -19.5. The van der Waals surface area contributed by atoms with Crippen LogP contribution < -0.4 is 0 Å². The number of rotatable bonds is 30. The number of hydrogen-bond acceptors (Lipinski definition) is 32. The fourth-order valence-corrected chi connectivity index (χ4v) is 16.0. The van der Waals surface area contributed by atoms with E-state index < -0.39 is 232 Å². The first-order valence-electron chi connectivity index (χ1n) is 41.9. The maximum atomic E-state index is 15.7. The number of benzene rings is 8. The highest BCUT2D eigenvalue weighted by molar-refractivity contribution is 6.22. The third-order valence-electron chi connectivity index (χ3n) is 22.6. The van der Waals surface area contributed by atoms with E-state index in [1.165, 1.54) is 200 Å². The summed E-state index contributed by atoms with van der Waals surface area (Å²) in [6, 6.07) is 40.5. The molecule has 8 aromatic rings. The van der Waals surface area contributed by atoms with Crippen molar-refractivity contribution in [3.63, 3.8) is 0 Å². The Bertz CT molecular complexity index is 5730. The van der Waals surface area contributed by atoms with Gasteiger partial charge in [-0.3, -0.25) is 43.4 Å². The summed E-state index contributed by atoms with van der Waals surface area (Å²) in [6.07, 6.45) is -41.6. The summed E-state index contributed by atoms with van der Waals surface area (Å²) in [4.78, 5) is 223. The zero-order valence-corrected chi connectivity index (χ0v) is 72.8. The fraction of sp³-hybridized carbons (Fsp3) is 0.330. The number of aliphatic carboxylic acids is 2. The molecule has 4 saturated heterocycles. The van der Waals surface area contributed by atoms with Gasteiger partial charge in [-0.2, -0.15) is 0 Å². The van der Waals surface area contributed by atoms with Crippen LogP contribution in [0.3, 0.4) is 0 Å². The fourth-order valence-electron chi connectivity index (χ4n) is 16.0. The summed E-state index contributed by atoms with van der Waals surface area (Å²) in [5.41, 5.74) is 1.72. The average Bonchev–Trinajstić information content (AvgIpc) is 1.60. The number of nitrogens with zero attached hydrogens (tertiary/aromatic N) is 2. The molecular formula is C97H90N2O34. The summed E-state index contributed by atoms with van der Waals surface area (Å²) < 4.78 is 109. The van der Waals surface area contributed by atoms with Crippen molar-refractivity contribution >= 4 is 89.3 Å². The number of ether oxygens (including phenoxy) is 17. The van der Waals surface area contributed by atoms with Gasteiger partial charge in [0, 0.05) is 20.8 Å². The zero-order valence-electron chi connectivity index (χ0n) is 72.8. The Morgan fingerprint density at radius 1 is 0.316 bits per heavy atom. The Hall–Kier alpha value is -14.4. The van der Waals surface area contributed by atoms with Gasteiger partial charge in [-0.1, -0.05) is 137 Å².